The summed E-state index contributed by atoms with van der Waals surface area (Å²) in [6.45, 7) is 9.56. The first-order chi connectivity index (χ1) is 18.0. The maximum absolute atomic E-state index is 14.2. The lowest BCUT2D eigenvalue weighted by atomic mass is 9.81. The minimum atomic E-state index is -4.93. The lowest BCUT2D eigenvalue weighted by Gasteiger charge is -2.47. The molecule has 2 aliphatic rings. The summed E-state index contributed by atoms with van der Waals surface area (Å²) in [4.78, 5) is 13.9. The van der Waals surface area contributed by atoms with Gasteiger partial charge in [-0.05, 0) is 67.3 Å². The third-order valence-corrected chi connectivity index (χ3v) is 7.13. The Hall–Kier alpha value is -2.59. The normalized spacial score (nSPS) is 18.4. The van der Waals surface area contributed by atoms with Crippen LogP contribution >= 0.6 is 23.2 Å². The van der Waals surface area contributed by atoms with Crippen LogP contribution in [-0.2, 0) is 27.3 Å². The van der Waals surface area contributed by atoms with Crippen molar-refractivity contribution in [1.82, 2.24) is 4.90 Å². The number of allylic oxidation sites excluding steroid dienone is 1. The first kappa shape index (κ1) is 29.4. The molecule has 0 saturated carbocycles. The SMILES string of the molecule is C=CCC(O)(C=C(c1cc(Cl)c(F)c(Cl)c1)C(F)(F)F)c1ccc2c(c1)COC21CN(C(=O)OC(C)(C)C)C1. The maximum Gasteiger partial charge on any atom is 0.416 e. The van der Waals surface area contributed by atoms with E-state index in [1.54, 1.807) is 32.9 Å². The van der Waals surface area contributed by atoms with Gasteiger partial charge in [-0.2, -0.15) is 13.2 Å². The minimum Gasteiger partial charge on any atom is -0.444 e. The Morgan fingerprint density at radius 1 is 1.18 bits per heavy atom. The van der Waals surface area contributed by atoms with E-state index in [0.717, 1.165) is 17.7 Å². The average molecular weight is 588 g/mol. The number of halogens is 6. The predicted octanol–water partition coefficient (Wildman–Crippen LogP) is 7.52. The molecule has 1 unspecified atom stereocenters. The first-order valence-corrected chi connectivity index (χ1v) is 12.8. The fourth-order valence-electron chi connectivity index (χ4n) is 4.77. The zero-order valence-corrected chi connectivity index (χ0v) is 23.0. The van der Waals surface area contributed by atoms with Crippen molar-refractivity contribution < 1.29 is 36.9 Å². The standard InChI is InChI=1S/C28H27Cl2F4NO4/c1-5-8-26(37,12-20(28(32,33)34)16-10-21(29)23(31)22(30)11-16)18-6-7-19-17(9-18)13-38-27(19)14-35(15-27)24(36)39-25(2,3)4/h5-7,9-12,37H,1,8,13-15H2,2-4H3. The molecule has 4 rings (SSSR count). The summed E-state index contributed by atoms with van der Waals surface area (Å²) in [5.41, 5.74) is -3.64. The zero-order valence-electron chi connectivity index (χ0n) is 21.5. The number of carbonyl (C=O) groups is 1. The Balaban J connectivity index is 1.69. The smallest absolute Gasteiger partial charge is 0.416 e. The Labute approximate surface area is 233 Å². The molecule has 39 heavy (non-hydrogen) atoms. The molecule has 210 valence electrons. The molecule has 0 aromatic heterocycles. The van der Waals surface area contributed by atoms with Crippen molar-refractivity contribution in [3.05, 3.63) is 87.2 Å². The van der Waals surface area contributed by atoms with Gasteiger partial charge in [0, 0.05) is 6.42 Å². The van der Waals surface area contributed by atoms with Gasteiger partial charge in [0.1, 0.15) is 16.8 Å². The van der Waals surface area contributed by atoms with Crippen LogP contribution in [0.5, 0.6) is 0 Å². The molecule has 1 atom stereocenters. The molecule has 2 aromatic rings. The molecule has 1 amide bonds. The summed E-state index contributed by atoms with van der Waals surface area (Å²) in [6.07, 6.45) is -3.69. The molecule has 1 spiro atoms. The fraction of sp³-hybridized carbons (Fsp3) is 0.393. The lowest BCUT2D eigenvalue weighted by Crippen LogP contribution is -2.61. The molecule has 1 N–H and O–H groups in total. The number of ether oxygens (including phenoxy) is 2. The van der Waals surface area contributed by atoms with Crippen molar-refractivity contribution in [3.63, 3.8) is 0 Å². The van der Waals surface area contributed by atoms with Gasteiger partial charge in [-0.3, -0.25) is 0 Å². The van der Waals surface area contributed by atoms with Crippen LogP contribution in [0.3, 0.4) is 0 Å². The summed E-state index contributed by atoms with van der Waals surface area (Å²) < 4.78 is 67.9. The molecule has 2 aromatic carbocycles. The van der Waals surface area contributed by atoms with Gasteiger partial charge in [0.05, 0.1) is 35.3 Å². The topological polar surface area (TPSA) is 59.0 Å². The third-order valence-electron chi connectivity index (χ3n) is 6.58. The molecule has 0 radical (unpaired) electrons. The Morgan fingerprint density at radius 2 is 1.79 bits per heavy atom. The van der Waals surface area contributed by atoms with E-state index in [0.29, 0.717) is 11.6 Å². The van der Waals surface area contributed by atoms with Crippen molar-refractivity contribution in [1.29, 1.82) is 0 Å². The van der Waals surface area contributed by atoms with Gasteiger partial charge >= 0.3 is 12.3 Å². The predicted molar refractivity (Wildman–Crippen MR) is 140 cm³/mol. The summed E-state index contributed by atoms with van der Waals surface area (Å²) in [5.74, 6) is -1.04. The molecular formula is C28H27Cl2F4NO4. The highest BCUT2D eigenvalue weighted by molar-refractivity contribution is 6.35. The number of amides is 1. The van der Waals surface area contributed by atoms with Crippen molar-refractivity contribution in [2.45, 2.75) is 56.8 Å². The monoisotopic (exact) mass is 587 g/mol. The van der Waals surface area contributed by atoms with E-state index in [1.807, 2.05) is 0 Å². The quantitative estimate of drug-likeness (QED) is 0.223. The van der Waals surface area contributed by atoms with Gasteiger partial charge in [-0.25, -0.2) is 9.18 Å². The molecule has 5 nitrogen and oxygen atoms in total. The largest absolute Gasteiger partial charge is 0.444 e. The Bertz CT molecular complexity index is 1320. The van der Waals surface area contributed by atoms with Gasteiger partial charge in [0.15, 0.2) is 5.82 Å². The second-order valence-corrected chi connectivity index (χ2v) is 11.5. The third kappa shape index (κ3) is 5.82. The second-order valence-electron chi connectivity index (χ2n) is 10.7. The van der Waals surface area contributed by atoms with E-state index in [9.17, 15) is 27.5 Å². The van der Waals surface area contributed by atoms with Crippen LogP contribution < -0.4 is 0 Å². The summed E-state index contributed by atoms with van der Waals surface area (Å²) in [6, 6.07) is 6.40. The van der Waals surface area contributed by atoms with E-state index in [4.69, 9.17) is 32.7 Å². The molecule has 2 heterocycles. The van der Waals surface area contributed by atoms with E-state index in [2.05, 4.69) is 6.58 Å². The average Bonchev–Trinajstić information content (AvgIpc) is 3.17. The number of carbonyl (C=O) groups excluding carboxylic acids is 1. The van der Waals surface area contributed by atoms with Crippen LogP contribution in [0.15, 0.2) is 49.1 Å². The number of benzene rings is 2. The van der Waals surface area contributed by atoms with Crippen LogP contribution in [0.2, 0.25) is 10.0 Å². The molecule has 1 fully saturated rings. The van der Waals surface area contributed by atoms with E-state index in [-0.39, 0.29) is 31.7 Å². The first-order valence-electron chi connectivity index (χ1n) is 12.0. The molecule has 0 aliphatic carbocycles. The highest BCUT2D eigenvalue weighted by atomic mass is 35.5. The number of likely N-dealkylation sites (tertiary alicyclic amines) is 1. The number of hydrogen-bond acceptors (Lipinski definition) is 4. The highest BCUT2D eigenvalue weighted by Gasteiger charge is 2.53. The van der Waals surface area contributed by atoms with Crippen LogP contribution in [0.1, 0.15) is 49.4 Å². The van der Waals surface area contributed by atoms with E-state index >= 15 is 0 Å². The number of nitrogens with zero attached hydrogens (tertiary/aromatic N) is 1. The molecule has 2 aliphatic heterocycles. The Kier molecular flexibility index (Phi) is 7.62. The van der Waals surface area contributed by atoms with Crippen LogP contribution in [0.4, 0.5) is 22.4 Å². The number of rotatable bonds is 5. The number of aliphatic hydroxyl groups is 1. The molecular weight excluding hydrogens is 561 g/mol. The Morgan fingerprint density at radius 3 is 2.33 bits per heavy atom. The molecule has 0 bridgehead atoms. The van der Waals surface area contributed by atoms with Crippen LogP contribution in [0, 0.1) is 5.82 Å². The second kappa shape index (κ2) is 10.1. The summed E-state index contributed by atoms with van der Waals surface area (Å²) >= 11 is 11.5. The number of alkyl halides is 3. The van der Waals surface area contributed by atoms with Crippen molar-refractivity contribution >= 4 is 34.9 Å². The summed E-state index contributed by atoms with van der Waals surface area (Å²) in [5, 5.41) is 10.4. The van der Waals surface area contributed by atoms with E-state index < -0.39 is 56.1 Å². The highest BCUT2D eigenvalue weighted by Crippen LogP contribution is 2.46. The minimum absolute atomic E-state index is 0.147. The van der Waals surface area contributed by atoms with Crippen LogP contribution in [0.25, 0.3) is 5.57 Å². The van der Waals surface area contributed by atoms with Crippen molar-refractivity contribution in [2.24, 2.45) is 0 Å². The van der Waals surface area contributed by atoms with Crippen LogP contribution in [-0.4, -0.2) is 41.0 Å². The van der Waals surface area contributed by atoms with Gasteiger partial charge < -0.3 is 19.5 Å². The van der Waals surface area contributed by atoms with Gasteiger partial charge in [-0.15, -0.1) is 6.58 Å². The number of hydrogen-bond donors (Lipinski definition) is 1. The maximum atomic E-state index is 14.2. The van der Waals surface area contributed by atoms with Gasteiger partial charge in [0.25, 0.3) is 0 Å². The van der Waals surface area contributed by atoms with Crippen molar-refractivity contribution in [2.75, 3.05) is 13.1 Å². The number of fused-ring (bicyclic) bond motifs is 2. The lowest BCUT2D eigenvalue weighted by molar-refractivity contribution is -0.137. The van der Waals surface area contributed by atoms with E-state index in [1.165, 1.54) is 17.0 Å². The van der Waals surface area contributed by atoms with Crippen molar-refractivity contribution in [3.8, 4) is 0 Å². The zero-order chi connectivity index (χ0) is 29.0. The molecule has 1 saturated heterocycles. The fourth-order valence-corrected chi connectivity index (χ4v) is 5.25. The van der Waals surface area contributed by atoms with Gasteiger partial charge in [-0.1, -0.05) is 41.4 Å². The van der Waals surface area contributed by atoms with Gasteiger partial charge in [0.2, 0.25) is 0 Å². The summed E-state index contributed by atoms with van der Waals surface area (Å²) in [7, 11) is 0. The molecule has 11 heteroatoms.